The maximum absolute atomic E-state index is 12.5. The van der Waals surface area contributed by atoms with Gasteiger partial charge in [0.1, 0.15) is 5.75 Å². The molecule has 4 nitrogen and oxygen atoms in total. The minimum absolute atomic E-state index is 0.140. The van der Waals surface area contributed by atoms with E-state index in [9.17, 15) is 9.90 Å². The minimum Gasteiger partial charge on any atom is -0.507 e. The summed E-state index contributed by atoms with van der Waals surface area (Å²) in [6.07, 6.45) is 4.48. The Labute approximate surface area is 178 Å². The number of phenolic OH excluding ortho intramolecular Hbond substituents is 1. The Bertz CT molecular complexity index is 655. The van der Waals surface area contributed by atoms with Crippen molar-refractivity contribution in [1.82, 2.24) is 10.2 Å². The third-order valence-corrected chi connectivity index (χ3v) is 5.92. The maximum atomic E-state index is 12.5. The van der Waals surface area contributed by atoms with Crippen LogP contribution in [0.15, 0.2) is 12.1 Å². The number of nitrogens with zero attached hydrogens (tertiary/aromatic N) is 1. The number of aromatic hydroxyl groups is 1. The van der Waals surface area contributed by atoms with E-state index in [0.717, 1.165) is 49.2 Å². The van der Waals surface area contributed by atoms with Gasteiger partial charge in [-0.15, -0.1) is 0 Å². The predicted molar refractivity (Wildman–Crippen MR) is 122 cm³/mol. The van der Waals surface area contributed by atoms with Gasteiger partial charge in [0.15, 0.2) is 0 Å². The second-order valence-electron chi connectivity index (χ2n) is 10.7. The lowest BCUT2D eigenvalue weighted by molar-refractivity contribution is -0.122. The van der Waals surface area contributed by atoms with E-state index in [1.807, 2.05) is 0 Å². The molecule has 0 aliphatic carbocycles. The van der Waals surface area contributed by atoms with Crippen molar-refractivity contribution in [3.8, 4) is 5.75 Å². The summed E-state index contributed by atoms with van der Waals surface area (Å²) in [5, 5.41) is 14.1. The average molecular weight is 403 g/mol. The van der Waals surface area contributed by atoms with Crippen molar-refractivity contribution >= 4 is 5.91 Å². The van der Waals surface area contributed by atoms with Crippen LogP contribution in [0.3, 0.4) is 0 Å². The first-order valence-corrected chi connectivity index (χ1v) is 11.3. The summed E-state index contributed by atoms with van der Waals surface area (Å²) in [5.41, 5.74) is 2.77. The highest BCUT2D eigenvalue weighted by atomic mass is 16.3. The highest BCUT2D eigenvalue weighted by molar-refractivity contribution is 5.76. The summed E-state index contributed by atoms with van der Waals surface area (Å²) in [7, 11) is 0. The smallest absolute Gasteiger partial charge is 0.220 e. The number of nitrogens with one attached hydrogen (secondary N) is 1. The van der Waals surface area contributed by atoms with E-state index >= 15 is 0 Å². The molecule has 0 bridgehead atoms. The number of phenols is 1. The maximum Gasteiger partial charge on any atom is 0.220 e. The summed E-state index contributed by atoms with van der Waals surface area (Å²) in [6, 6.07) is 4.48. The molecular formula is C25H42N2O2. The molecule has 1 aliphatic heterocycles. The molecule has 2 rings (SSSR count). The molecule has 1 heterocycles. The number of amides is 1. The van der Waals surface area contributed by atoms with Crippen LogP contribution in [0.1, 0.15) is 90.8 Å². The molecule has 0 saturated carbocycles. The van der Waals surface area contributed by atoms with Gasteiger partial charge in [-0.2, -0.15) is 0 Å². The summed E-state index contributed by atoms with van der Waals surface area (Å²) in [4.78, 5) is 15.0. The van der Waals surface area contributed by atoms with Gasteiger partial charge in [-0.1, -0.05) is 60.6 Å². The number of carbonyl (C=O) groups is 1. The molecule has 0 radical (unpaired) electrons. The molecule has 1 aliphatic rings. The number of piperidine rings is 1. The Morgan fingerprint density at radius 3 is 2.03 bits per heavy atom. The van der Waals surface area contributed by atoms with Gasteiger partial charge in [-0.25, -0.2) is 0 Å². The normalized spacial score (nSPS) is 16.8. The lowest BCUT2D eigenvalue weighted by Crippen LogP contribution is -2.44. The van der Waals surface area contributed by atoms with Gasteiger partial charge in [0.05, 0.1) is 0 Å². The number of hydrogen-bond acceptors (Lipinski definition) is 3. The van der Waals surface area contributed by atoms with Crippen molar-refractivity contribution in [1.29, 1.82) is 0 Å². The third-order valence-electron chi connectivity index (χ3n) is 5.92. The summed E-state index contributed by atoms with van der Waals surface area (Å²) >= 11 is 0. The lowest BCUT2D eigenvalue weighted by atomic mass is 9.78. The van der Waals surface area contributed by atoms with Crippen molar-refractivity contribution in [2.75, 3.05) is 19.6 Å². The molecule has 1 amide bonds. The highest BCUT2D eigenvalue weighted by Gasteiger charge is 2.27. The fourth-order valence-corrected chi connectivity index (χ4v) is 4.16. The Hall–Kier alpha value is -1.55. The van der Waals surface area contributed by atoms with E-state index in [0.29, 0.717) is 24.6 Å². The number of hydrogen-bond donors (Lipinski definition) is 2. The SMILES string of the molecule is CCCN1CCC(NC(=O)CCc2cc(C(C)(C)C)c(O)c(C(C)(C)C)c2)CC1. The summed E-state index contributed by atoms with van der Waals surface area (Å²) in [5.74, 6) is 0.540. The monoisotopic (exact) mass is 402 g/mol. The van der Waals surface area contributed by atoms with Crippen molar-refractivity contribution < 1.29 is 9.90 Å². The molecule has 164 valence electrons. The molecule has 0 unspecified atom stereocenters. The first-order chi connectivity index (χ1) is 13.4. The Morgan fingerprint density at radius 2 is 1.59 bits per heavy atom. The lowest BCUT2D eigenvalue weighted by Gasteiger charge is -2.32. The first kappa shape index (κ1) is 23.7. The molecule has 29 heavy (non-hydrogen) atoms. The van der Waals surface area contributed by atoms with Gasteiger partial charge in [-0.3, -0.25) is 4.79 Å². The zero-order valence-corrected chi connectivity index (χ0v) is 19.7. The van der Waals surface area contributed by atoms with Crippen LogP contribution in [-0.4, -0.2) is 41.6 Å². The van der Waals surface area contributed by atoms with Crippen LogP contribution in [0.2, 0.25) is 0 Å². The van der Waals surface area contributed by atoms with Crippen molar-refractivity contribution in [2.24, 2.45) is 0 Å². The highest BCUT2D eigenvalue weighted by Crippen LogP contribution is 2.39. The predicted octanol–water partition coefficient (Wildman–Crippen LogP) is 4.91. The largest absolute Gasteiger partial charge is 0.507 e. The van der Waals surface area contributed by atoms with Crippen molar-refractivity contribution in [2.45, 2.75) is 97.4 Å². The third kappa shape index (κ3) is 6.74. The van der Waals surface area contributed by atoms with Crippen LogP contribution in [0.25, 0.3) is 0 Å². The van der Waals surface area contributed by atoms with Gasteiger partial charge < -0.3 is 15.3 Å². The van der Waals surface area contributed by atoms with Crippen molar-refractivity contribution in [3.05, 3.63) is 28.8 Å². The number of aryl methyl sites for hydroxylation is 1. The topological polar surface area (TPSA) is 52.6 Å². The van der Waals surface area contributed by atoms with Crippen LogP contribution >= 0.6 is 0 Å². The molecule has 4 heteroatoms. The standard InChI is InChI=1S/C25H42N2O2/c1-8-13-27-14-11-19(12-15-27)26-22(28)10-9-18-16-20(24(2,3)4)23(29)21(17-18)25(5,6)7/h16-17,19,29H,8-15H2,1-7H3,(H,26,28). The molecular weight excluding hydrogens is 360 g/mol. The van der Waals surface area contributed by atoms with Crippen LogP contribution in [0, 0.1) is 0 Å². The number of carbonyl (C=O) groups excluding carboxylic acids is 1. The van der Waals surface area contributed by atoms with E-state index in [1.165, 1.54) is 6.42 Å². The van der Waals surface area contributed by atoms with Crippen LogP contribution in [0.4, 0.5) is 0 Å². The molecule has 0 aromatic heterocycles. The first-order valence-electron chi connectivity index (χ1n) is 11.3. The molecule has 2 N–H and O–H groups in total. The van der Waals surface area contributed by atoms with Crippen LogP contribution in [0.5, 0.6) is 5.75 Å². The Morgan fingerprint density at radius 1 is 1.07 bits per heavy atom. The van der Waals surface area contributed by atoms with Gasteiger partial charge >= 0.3 is 0 Å². The van der Waals surface area contributed by atoms with Gasteiger partial charge in [0, 0.05) is 25.6 Å². The average Bonchev–Trinajstić information content (AvgIpc) is 2.60. The number of rotatable bonds is 6. The number of benzene rings is 1. The van der Waals surface area contributed by atoms with E-state index in [2.05, 4.69) is 70.8 Å². The van der Waals surface area contributed by atoms with E-state index < -0.39 is 0 Å². The van der Waals surface area contributed by atoms with Crippen LogP contribution < -0.4 is 5.32 Å². The zero-order valence-electron chi connectivity index (χ0n) is 19.7. The molecule has 1 saturated heterocycles. The second-order valence-corrected chi connectivity index (χ2v) is 10.7. The summed E-state index contributed by atoms with van der Waals surface area (Å²) < 4.78 is 0. The van der Waals surface area contributed by atoms with Gasteiger partial charge in [-0.05, 0) is 59.7 Å². The summed E-state index contributed by atoms with van der Waals surface area (Å²) in [6.45, 7) is 18.3. The quantitative estimate of drug-likeness (QED) is 0.711. The Kier molecular flexibility index (Phi) is 7.78. The van der Waals surface area contributed by atoms with Crippen molar-refractivity contribution in [3.63, 3.8) is 0 Å². The fourth-order valence-electron chi connectivity index (χ4n) is 4.16. The number of likely N-dealkylation sites (tertiary alicyclic amines) is 1. The fraction of sp³-hybridized carbons (Fsp3) is 0.720. The Balaban J connectivity index is 2.02. The molecule has 0 spiro atoms. The minimum atomic E-state index is -0.144. The molecule has 1 fully saturated rings. The van der Waals surface area contributed by atoms with E-state index in [1.54, 1.807) is 0 Å². The van der Waals surface area contributed by atoms with Crippen LogP contribution in [-0.2, 0) is 22.0 Å². The van der Waals surface area contributed by atoms with Gasteiger partial charge in [0.25, 0.3) is 0 Å². The molecule has 1 aromatic rings. The van der Waals surface area contributed by atoms with E-state index in [4.69, 9.17) is 0 Å². The molecule has 0 atom stereocenters. The second kappa shape index (κ2) is 9.51. The van der Waals surface area contributed by atoms with Gasteiger partial charge in [0.2, 0.25) is 5.91 Å². The van der Waals surface area contributed by atoms with E-state index in [-0.39, 0.29) is 16.7 Å². The zero-order chi connectivity index (χ0) is 21.8. The molecule has 1 aromatic carbocycles.